The Morgan fingerprint density at radius 1 is 1.42 bits per heavy atom. The molecule has 0 saturated heterocycles. The fourth-order valence-corrected chi connectivity index (χ4v) is 4.00. The SMILES string of the molecule is CCOc1cncc(C(CSC2CCCC2)NC)c1. The maximum absolute atomic E-state index is 5.52. The van der Waals surface area contributed by atoms with Gasteiger partial charge in [-0.3, -0.25) is 4.98 Å². The van der Waals surface area contributed by atoms with E-state index in [0.717, 1.165) is 16.8 Å². The lowest BCUT2D eigenvalue weighted by molar-refractivity contribution is 0.338. The van der Waals surface area contributed by atoms with Crippen LogP contribution in [0.15, 0.2) is 18.5 Å². The molecule has 0 bridgehead atoms. The highest BCUT2D eigenvalue weighted by Crippen LogP contribution is 2.32. The van der Waals surface area contributed by atoms with E-state index in [4.69, 9.17) is 4.74 Å². The van der Waals surface area contributed by atoms with Gasteiger partial charge in [0.1, 0.15) is 5.75 Å². The van der Waals surface area contributed by atoms with Gasteiger partial charge in [-0.05, 0) is 38.4 Å². The van der Waals surface area contributed by atoms with E-state index >= 15 is 0 Å². The van der Waals surface area contributed by atoms with Crippen molar-refractivity contribution in [1.82, 2.24) is 10.3 Å². The summed E-state index contributed by atoms with van der Waals surface area (Å²) in [6.45, 7) is 2.68. The summed E-state index contributed by atoms with van der Waals surface area (Å²) in [4.78, 5) is 4.28. The van der Waals surface area contributed by atoms with Gasteiger partial charge in [0, 0.05) is 23.2 Å². The molecule has 0 aromatic carbocycles. The first-order valence-electron chi connectivity index (χ1n) is 7.20. The van der Waals surface area contributed by atoms with Gasteiger partial charge in [-0.1, -0.05) is 12.8 Å². The smallest absolute Gasteiger partial charge is 0.137 e. The summed E-state index contributed by atoms with van der Waals surface area (Å²) in [7, 11) is 2.02. The predicted octanol–water partition coefficient (Wildman–Crippen LogP) is 3.42. The van der Waals surface area contributed by atoms with E-state index in [0.29, 0.717) is 12.6 Å². The molecule has 3 nitrogen and oxygen atoms in total. The van der Waals surface area contributed by atoms with Gasteiger partial charge in [-0.25, -0.2) is 0 Å². The summed E-state index contributed by atoms with van der Waals surface area (Å²) < 4.78 is 5.52. The number of rotatable bonds is 7. The molecule has 0 aliphatic heterocycles. The molecule has 1 aromatic rings. The third-order valence-electron chi connectivity index (χ3n) is 3.60. The molecule has 1 N–H and O–H groups in total. The standard InChI is InChI=1S/C15H24N2OS/c1-3-18-13-8-12(9-17-10-13)15(16-2)11-19-14-6-4-5-7-14/h8-10,14-16H,3-7,11H2,1-2H3. The zero-order chi connectivity index (χ0) is 13.5. The molecular weight excluding hydrogens is 256 g/mol. The lowest BCUT2D eigenvalue weighted by atomic mass is 10.1. The van der Waals surface area contributed by atoms with Crippen LogP contribution in [0.2, 0.25) is 0 Å². The molecule has 1 aliphatic rings. The van der Waals surface area contributed by atoms with Gasteiger partial charge in [0.25, 0.3) is 0 Å². The second kappa shape index (κ2) is 7.75. The number of hydrogen-bond acceptors (Lipinski definition) is 4. The predicted molar refractivity (Wildman–Crippen MR) is 81.9 cm³/mol. The molecule has 0 radical (unpaired) electrons. The van der Waals surface area contributed by atoms with E-state index in [-0.39, 0.29) is 0 Å². The molecule has 1 heterocycles. The third kappa shape index (κ3) is 4.39. The number of nitrogens with one attached hydrogen (secondary N) is 1. The maximum Gasteiger partial charge on any atom is 0.137 e. The molecule has 1 fully saturated rings. The minimum absolute atomic E-state index is 0.360. The number of thioether (sulfide) groups is 1. The van der Waals surface area contributed by atoms with Gasteiger partial charge in [-0.15, -0.1) is 0 Å². The highest BCUT2D eigenvalue weighted by molar-refractivity contribution is 7.99. The molecule has 0 amide bonds. The van der Waals surface area contributed by atoms with Crippen LogP contribution in [0.3, 0.4) is 0 Å². The Bertz CT molecular complexity index is 380. The Hall–Kier alpha value is -0.740. The minimum atomic E-state index is 0.360. The summed E-state index contributed by atoms with van der Waals surface area (Å²) in [5.74, 6) is 1.98. The van der Waals surface area contributed by atoms with Crippen molar-refractivity contribution < 1.29 is 4.74 Å². The minimum Gasteiger partial charge on any atom is -0.492 e. The average Bonchev–Trinajstić information content (AvgIpc) is 2.94. The van der Waals surface area contributed by atoms with Crippen LogP contribution in [0, 0.1) is 0 Å². The summed E-state index contributed by atoms with van der Waals surface area (Å²) in [6, 6.07) is 2.46. The van der Waals surface area contributed by atoms with Crippen molar-refractivity contribution >= 4 is 11.8 Å². The molecule has 2 rings (SSSR count). The highest BCUT2D eigenvalue weighted by atomic mass is 32.2. The maximum atomic E-state index is 5.52. The molecule has 106 valence electrons. The van der Waals surface area contributed by atoms with Crippen LogP contribution in [0.1, 0.15) is 44.2 Å². The van der Waals surface area contributed by atoms with Gasteiger partial charge < -0.3 is 10.1 Å². The first kappa shape index (κ1) is 14.7. The second-order valence-corrected chi connectivity index (χ2v) is 6.30. The van der Waals surface area contributed by atoms with Crippen molar-refractivity contribution in [3.05, 3.63) is 24.0 Å². The number of aromatic nitrogens is 1. The zero-order valence-electron chi connectivity index (χ0n) is 11.9. The monoisotopic (exact) mass is 280 g/mol. The van der Waals surface area contributed by atoms with Crippen molar-refractivity contribution in [3.8, 4) is 5.75 Å². The highest BCUT2D eigenvalue weighted by Gasteiger charge is 2.18. The van der Waals surface area contributed by atoms with Gasteiger partial charge in [0.05, 0.1) is 12.8 Å². The number of nitrogens with zero attached hydrogens (tertiary/aromatic N) is 1. The molecule has 1 atom stereocenters. The fourth-order valence-electron chi connectivity index (χ4n) is 2.51. The summed E-state index contributed by atoms with van der Waals surface area (Å²) in [5, 5.41) is 4.26. The first-order valence-corrected chi connectivity index (χ1v) is 8.25. The van der Waals surface area contributed by atoms with E-state index in [9.17, 15) is 0 Å². The molecule has 1 unspecified atom stereocenters. The Labute approximate surface area is 120 Å². The Balaban J connectivity index is 1.93. The second-order valence-electron chi connectivity index (χ2n) is 4.97. The summed E-state index contributed by atoms with van der Waals surface area (Å²) in [6.07, 6.45) is 9.31. The van der Waals surface area contributed by atoms with Crippen LogP contribution in [0.25, 0.3) is 0 Å². The van der Waals surface area contributed by atoms with E-state index in [1.165, 1.54) is 31.2 Å². The molecule has 1 aliphatic carbocycles. The largest absolute Gasteiger partial charge is 0.492 e. The molecule has 4 heteroatoms. The number of ether oxygens (including phenoxy) is 1. The van der Waals surface area contributed by atoms with Crippen molar-refractivity contribution in [2.75, 3.05) is 19.4 Å². The first-order chi connectivity index (χ1) is 9.33. The average molecular weight is 280 g/mol. The molecular formula is C15H24N2OS. The van der Waals surface area contributed by atoms with Crippen molar-refractivity contribution in [1.29, 1.82) is 0 Å². The zero-order valence-corrected chi connectivity index (χ0v) is 12.7. The quantitative estimate of drug-likeness (QED) is 0.830. The normalized spacial score (nSPS) is 17.6. The summed E-state index contributed by atoms with van der Waals surface area (Å²) >= 11 is 2.10. The fraction of sp³-hybridized carbons (Fsp3) is 0.667. The van der Waals surface area contributed by atoms with Crippen molar-refractivity contribution in [3.63, 3.8) is 0 Å². The van der Waals surface area contributed by atoms with E-state index in [1.807, 2.05) is 20.2 Å². The van der Waals surface area contributed by atoms with Crippen LogP contribution in [-0.4, -0.2) is 29.6 Å². The van der Waals surface area contributed by atoms with Gasteiger partial charge in [0.2, 0.25) is 0 Å². The van der Waals surface area contributed by atoms with Crippen LogP contribution in [0.4, 0.5) is 0 Å². The topological polar surface area (TPSA) is 34.1 Å². The number of pyridine rings is 1. The van der Waals surface area contributed by atoms with Gasteiger partial charge in [-0.2, -0.15) is 11.8 Å². The Kier molecular flexibility index (Phi) is 5.98. The Morgan fingerprint density at radius 3 is 2.89 bits per heavy atom. The number of hydrogen-bond donors (Lipinski definition) is 1. The van der Waals surface area contributed by atoms with E-state index in [2.05, 4.69) is 28.1 Å². The van der Waals surface area contributed by atoms with Gasteiger partial charge in [0.15, 0.2) is 0 Å². The lowest BCUT2D eigenvalue weighted by Crippen LogP contribution is -2.20. The van der Waals surface area contributed by atoms with Crippen LogP contribution in [0.5, 0.6) is 5.75 Å². The molecule has 19 heavy (non-hydrogen) atoms. The lowest BCUT2D eigenvalue weighted by Gasteiger charge is -2.19. The Morgan fingerprint density at radius 2 is 2.21 bits per heavy atom. The van der Waals surface area contributed by atoms with Crippen molar-refractivity contribution in [2.45, 2.75) is 43.9 Å². The van der Waals surface area contributed by atoms with Crippen LogP contribution < -0.4 is 10.1 Å². The third-order valence-corrected chi connectivity index (χ3v) is 5.07. The van der Waals surface area contributed by atoms with E-state index in [1.54, 1.807) is 6.20 Å². The van der Waals surface area contributed by atoms with Gasteiger partial charge >= 0.3 is 0 Å². The molecule has 1 aromatic heterocycles. The summed E-state index contributed by atoms with van der Waals surface area (Å²) in [5.41, 5.74) is 1.22. The van der Waals surface area contributed by atoms with Crippen molar-refractivity contribution in [2.24, 2.45) is 0 Å². The van der Waals surface area contributed by atoms with Crippen LogP contribution >= 0.6 is 11.8 Å². The molecule has 1 saturated carbocycles. The molecule has 0 spiro atoms. The van der Waals surface area contributed by atoms with E-state index < -0.39 is 0 Å². The van der Waals surface area contributed by atoms with Crippen LogP contribution in [-0.2, 0) is 0 Å².